The molecule has 2 atom stereocenters. The quantitative estimate of drug-likeness (QED) is 0.597. The standard InChI is InChI=1S/C19H24ClNO/c1-13(2)12-21-19(22)10-14(3)4-5-16-11-18(16)15-6-8-17(20)9-7-15/h4-10,13,16,18H,11-12H2,1-3H3,(H,21,22)/b5-4+,14-10+/t16-,18+/m1/s1. The molecule has 0 spiro atoms. The summed E-state index contributed by atoms with van der Waals surface area (Å²) in [4.78, 5) is 11.7. The first-order valence-electron chi connectivity index (χ1n) is 7.85. The Morgan fingerprint density at radius 3 is 2.68 bits per heavy atom. The van der Waals surface area contributed by atoms with E-state index in [9.17, 15) is 4.79 Å². The Balaban J connectivity index is 1.82. The van der Waals surface area contributed by atoms with Crippen molar-refractivity contribution in [1.29, 1.82) is 0 Å². The molecule has 0 radical (unpaired) electrons. The predicted octanol–water partition coefficient (Wildman–Crippen LogP) is 4.72. The number of benzene rings is 1. The van der Waals surface area contributed by atoms with Gasteiger partial charge in [-0.25, -0.2) is 0 Å². The van der Waals surface area contributed by atoms with Crippen molar-refractivity contribution in [3.05, 3.63) is 58.7 Å². The van der Waals surface area contributed by atoms with E-state index in [0.717, 1.165) is 10.6 Å². The lowest BCUT2D eigenvalue weighted by Crippen LogP contribution is -2.25. The summed E-state index contributed by atoms with van der Waals surface area (Å²) >= 11 is 5.91. The minimum atomic E-state index is -0.0131. The van der Waals surface area contributed by atoms with Gasteiger partial charge in [-0.05, 0) is 54.4 Å². The molecule has 1 aromatic carbocycles. The number of nitrogens with one attached hydrogen (secondary N) is 1. The molecule has 1 N–H and O–H groups in total. The lowest BCUT2D eigenvalue weighted by Gasteiger charge is -2.04. The summed E-state index contributed by atoms with van der Waals surface area (Å²) in [6.45, 7) is 6.85. The molecule has 0 aliphatic heterocycles. The molecular weight excluding hydrogens is 294 g/mol. The van der Waals surface area contributed by atoms with Crippen LogP contribution in [0.5, 0.6) is 0 Å². The van der Waals surface area contributed by atoms with Crippen LogP contribution in [0.2, 0.25) is 5.02 Å². The summed E-state index contributed by atoms with van der Waals surface area (Å²) in [5.74, 6) is 1.63. The van der Waals surface area contributed by atoms with Crippen molar-refractivity contribution in [1.82, 2.24) is 5.32 Å². The van der Waals surface area contributed by atoms with Gasteiger partial charge in [0.1, 0.15) is 0 Å². The van der Waals surface area contributed by atoms with Crippen LogP contribution in [0.1, 0.15) is 38.7 Å². The third kappa shape index (κ3) is 5.34. The van der Waals surface area contributed by atoms with Gasteiger partial charge in [-0.3, -0.25) is 4.79 Å². The Labute approximate surface area is 138 Å². The van der Waals surface area contributed by atoms with Gasteiger partial charge < -0.3 is 5.32 Å². The Morgan fingerprint density at radius 1 is 1.36 bits per heavy atom. The van der Waals surface area contributed by atoms with E-state index in [1.165, 1.54) is 12.0 Å². The first-order chi connectivity index (χ1) is 10.5. The summed E-state index contributed by atoms with van der Waals surface area (Å²) in [5.41, 5.74) is 2.33. The van der Waals surface area contributed by atoms with Crippen LogP contribution in [-0.2, 0) is 4.79 Å². The van der Waals surface area contributed by atoms with E-state index < -0.39 is 0 Å². The number of allylic oxidation sites excluding steroid dienone is 3. The summed E-state index contributed by atoms with van der Waals surface area (Å²) in [5, 5.41) is 3.67. The molecule has 1 aliphatic carbocycles. The molecule has 1 saturated carbocycles. The highest BCUT2D eigenvalue weighted by Crippen LogP contribution is 2.48. The maximum absolute atomic E-state index is 11.7. The van der Waals surface area contributed by atoms with Crippen molar-refractivity contribution in [2.75, 3.05) is 6.54 Å². The Morgan fingerprint density at radius 2 is 2.05 bits per heavy atom. The van der Waals surface area contributed by atoms with Gasteiger partial charge in [-0.15, -0.1) is 0 Å². The van der Waals surface area contributed by atoms with E-state index in [4.69, 9.17) is 11.6 Å². The van der Waals surface area contributed by atoms with Crippen LogP contribution in [0.25, 0.3) is 0 Å². The molecule has 3 heteroatoms. The molecule has 0 unspecified atom stereocenters. The number of halogens is 1. The van der Waals surface area contributed by atoms with E-state index in [2.05, 4.69) is 43.4 Å². The minimum Gasteiger partial charge on any atom is -0.352 e. The van der Waals surface area contributed by atoms with Crippen LogP contribution < -0.4 is 5.32 Å². The fraction of sp³-hybridized carbons (Fsp3) is 0.421. The zero-order valence-electron chi connectivity index (χ0n) is 13.5. The zero-order chi connectivity index (χ0) is 16.1. The maximum atomic E-state index is 11.7. The van der Waals surface area contributed by atoms with Crippen LogP contribution in [0.15, 0.2) is 48.1 Å². The summed E-state index contributed by atoms with van der Waals surface area (Å²) in [6, 6.07) is 8.09. The van der Waals surface area contributed by atoms with Crippen LogP contribution in [-0.4, -0.2) is 12.5 Å². The average molecular weight is 318 g/mol. The summed E-state index contributed by atoms with van der Waals surface area (Å²) < 4.78 is 0. The Kier molecular flexibility index (Phi) is 5.84. The number of hydrogen-bond donors (Lipinski definition) is 1. The maximum Gasteiger partial charge on any atom is 0.244 e. The molecule has 0 saturated heterocycles. The van der Waals surface area contributed by atoms with E-state index in [0.29, 0.717) is 24.3 Å². The van der Waals surface area contributed by atoms with E-state index in [1.54, 1.807) is 6.08 Å². The monoisotopic (exact) mass is 317 g/mol. The first-order valence-corrected chi connectivity index (χ1v) is 8.23. The van der Waals surface area contributed by atoms with Gasteiger partial charge in [-0.1, -0.05) is 49.7 Å². The molecule has 2 rings (SSSR count). The van der Waals surface area contributed by atoms with Gasteiger partial charge >= 0.3 is 0 Å². The van der Waals surface area contributed by atoms with E-state index in [1.807, 2.05) is 19.1 Å². The fourth-order valence-corrected chi connectivity index (χ4v) is 2.53. The summed E-state index contributed by atoms with van der Waals surface area (Å²) in [7, 11) is 0. The van der Waals surface area contributed by atoms with Gasteiger partial charge in [0.05, 0.1) is 0 Å². The molecule has 1 amide bonds. The molecule has 0 bridgehead atoms. The van der Waals surface area contributed by atoms with Crippen molar-refractivity contribution in [3.63, 3.8) is 0 Å². The third-order valence-electron chi connectivity index (χ3n) is 3.79. The molecule has 2 nitrogen and oxygen atoms in total. The normalized spacial score (nSPS) is 21.4. The van der Waals surface area contributed by atoms with Gasteiger partial charge in [0.15, 0.2) is 0 Å². The van der Waals surface area contributed by atoms with Crippen molar-refractivity contribution in [3.8, 4) is 0 Å². The highest BCUT2D eigenvalue weighted by Gasteiger charge is 2.35. The highest BCUT2D eigenvalue weighted by molar-refractivity contribution is 6.30. The van der Waals surface area contributed by atoms with Crippen molar-refractivity contribution < 1.29 is 4.79 Å². The lowest BCUT2D eigenvalue weighted by atomic mass is 10.1. The van der Waals surface area contributed by atoms with Gasteiger partial charge in [-0.2, -0.15) is 0 Å². The van der Waals surface area contributed by atoms with Gasteiger partial charge in [0.25, 0.3) is 0 Å². The van der Waals surface area contributed by atoms with Crippen LogP contribution >= 0.6 is 11.6 Å². The minimum absolute atomic E-state index is 0.0131. The molecule has 22 heavy (non-hydrogen) atoms. The highest BCUT2D eigenvalue weighted by atomic mass is 35.5. The third-order valence-corrected chi connectivity index (χ3v) is 4.04. The number of amides is 1. The largest absolute Gasteiger partial charge is 0.352 e. The molecular formula is C19H24ClNO. The Bertz CT molecular complexity index is 572. The number of hydrogen-bond acceptors (Lipinski definition) is 1. The van der Waals surface area contributed by atoms with E-state index >= 15 is 0 Å². The van der Waals surface area contributed by atoms with Crippen molar-refractivity contribution in [2.45, 2.75) is 33.1 Å². The molecule has 1 aliphatic rings. The van der Waals surface area contributed by atoms with Gasteiger partial charge in [0, 0.05) is 17.6 Å². The van der Waals surface area contributed by atoms with Crippen LogP contribution in [0.4, 0.5) is 0 Å². The van der Waals surface area contributed by atoms with E-state index in [-0.39, 0.29) is 5.91 Å². The molecule has 0 heterocycles. The molecule has 1 aromatic rings. The molecule has 118 valence electrons. The van der Waals surface area contributed by atoms with Crippen molar-refractivity contribution in [2.24, 2.45) is 11.8 Å². The Hall–Kier alpha value is -1.54. The number of carbonyl (C=O) groups is 1. The smallest absolute Gasteiger partial charge is 0.244 e. The van der Waals surface area contributed by atoms with Crippen molar-refractivity contribution >= 4 is 17.5 Å². The number of carbonyl (C=O) groups excluding carboxylic acids is 1. The second-order valence-electron chi connectivity index (χ2n) is 6.44. The first kappa shape index (κ1) is 16.8. The predicted molar refractivity (Wildman–Crippen MR) is 93.0 cm³/mol. The summed E-state index contributed by atoms with van der Waals surface area (Å²) in [6.07, 6.45) is 7.10. The SMILES string of the molecule is CC(/C=C/[C@@H]1C[C@H]1c1ccc(Cl)cc1)=C\C(=O)NCC(C)C. The molecule has 0 aromatic heterocycles. The van der Waals surface area contributed by atoms with Crippen LogP contribution in [0.3, 0.4) is 0 Å². The average Bonchev–Trinajstić information content (AvgIpc) is 3.23. The second kappa shape index (κ2) is 7.64. The fourth-order valence-electron chi connectivity index (χ4n) is 2.41. The lowest BCUT2D eigenvalue weighted by molar-refractivity contribution is -0.116. The van der Waals surface area contributed by atoms with Gasteiger partial charge in [0.2, 0.25) is 5.91 Å². The van der Waals surface area contributed by atoms with Crippen LogP contribution in [0, 0.1) is 11.8 Å². The number of rotatable bonds is 6. The second-order valence-corrected chi connectivity index (χ2v) is 6.88. The molecule has 1 fully saturated rings. The topological polar surface area (TPSA) is 29.1 Å². The zero-order valence-corrected chi connectivity index (χ0v) is 14.2.